The third kappa shape index (κ3) is 4.68. The summed E-state index contributed by atoms with van der Waals surface area (Å²) in [6.07, 6.45) is 0. The van der Waals surface area contributed by atoms with E-state index in [0.29, 0.717) is 16.9 Å². The zero-order valence-corrected chi connectivity index (χ0v) is 17.0. The molecule has 2 atom stereocenters. The van der Waals surface area contributed by atoms with Crippen molar-refractivity contribution in [1.82, 2.24) is 10.2 Å². The maximum Gasteiger partial charge on any atom is 0.339 e. The van der Waals surface area contributed by atoms with E-state index in [2.05, 4.69) is 5.32 Å². The predicted octanol–water partition coefficient (Wildman–Crippen LogP) is 0.612. The standard InChI is InChI=1S/C18H24N2O7S/c1-9-14(26-4)5-13(21)10-7-28-8-11(17(23)24)19-16(22)12(20(2)3)6-27-18(25)15(9)10/h5,11-12,21H,6-8H2,1-4H3,(H,19,22)(H,23,24)/t11-,12-/m0/s1. The molecule has 0 radical (unpaired) electrons. The molecule has 1 heterocycles. The third-order valence-corrected chi connectivity index (χ3v) is 5.55. The molecule has 2 rings (SSSR count). The van der Waals surface area contributed by atoms with E-state index in [1.165, 1.54) is 29.8 Å². The zero-order valence-electron chi connectivity index (χ0n) is 16.1. The summed E-state index contributed by atoms with van der Waals surface area (Å²) in [5.41, 5.74) is 0.999. The lowest BCUT2D eigenvalue weighted by Crippen LogP contribution is -2.52. The van der Waals surface area contributed by atoms with Gasteiger partial charge in [-0.2, -0.15) is 11.8 Å². The number of esters is 1. The van der Waals surface area contributed by atoms with Crippen LogP contribution in [0.4, 0.5) is 0 Å². The first-order valence-electron chi connectivity index (χ1n) is 8.51. The number of nitrogens with zero attached hydrogens (tertiary/aromatic N) is 1. The minimum atomic E-state index is -1.16. The molecule has 1 aromatic rings. The Morgan fingerprint density at radius 2 is 2.07 bits per heavy atom. The van der Waals surface area contributed by atoms with Gasteiger partial charge in [0.15, 0.2) is 0 Å². The Labute approximate surface area is 167 Å². The molecule has 1 aliphatic rings. The van der Waals surface area contributed by atoms with Crippen LogP contribution >= 0.6 is 11.8 Å². The number of carbonyl (C=O) groups excluding carboxylic acids is 2. The first-order chi connectivity index (χ1) is 13.2. The van der Waals surface area contributed by atoms with Crippen LogP contribution in [0.25, 0.3) is 0 Å². The number of benzene rings is 1. The highest BCUT2D eigenvalue weighted by Crippen LogP contribution is 2.35. The van der Waals surface area contributed by atoms with Gasteiger partial charge in [-0.25, -0.2) is 9.59 Å². The molecule has 0 aromatic heterocycles. The van der Waals surface area contributed by atoms with E-state index in [1.807, 2.05) is 0 Å². The van der Waals surface area contributed by atoms with Crippen molar-refractivity contribution in [2.24, 2.45) is 0 Å². The van der Waals surface area contributed by atoms with Gasteiger partial charge in [0.1, 0.15) is 30.2 Å². The maximum atomic E-state index is 12.8. The monoisotopic (exact) mass is 412 g/mol. The van der Waals surface area contributed by atoms with Gasteiger partial charge in [0.2, 0.25) is 5.91 Å². The summed E-state index contributed by atoms with van der Waals surface area (Å²) < 4.78 is 10.6. The van der Waals surface area contributed by atoms with Crippen LogP contribution in [0.2, 0.25) is 0 Å². The second kappa shape index (κ2) is 9.16. The first-order valence-corrected chi connectivity index (χ1v) is 9.66. The Balaban J connectivity index is 2.49. The molecule has 0 spiro atoms. The average Bonchev–Trinajstić information content (AvgIpc) is 2.61. The van der Waals surface area contributed by atoms with Gasteiger partial charge >= 0.3 is 11.9 Å². The summed E-state index contributed by atoms with van der Waals surface area (Å²) >= 11 is 1.18. The molecule has 28 heavy (non-hydrogen) atoms. The minimum absolute atomic E-state index is 0.0697. The number of nitrogens with one attached hydrogen (secondary N) is 1. The fourth-order valence-corrected chi connectivity index (χ4v) is 3.91. The van der Waals surface area contributed by atoms with Crippen LogP contribution in [0.5, 0.6) is 11.5 Å². The van der Waals surface area contributed by atoms with Gasteiger partial charge in [0.05, 0.1) is 12.7 Å². The highest BCUT2D eigenvalue weighted by atomic mass is 32.2. The summed E-state index contributed by atoms with van der Waals surface area (Å²) in [6.45, 7) is 1.40. The summed E-state index contributed by atoms with van der Waals surface area (Å²) in [7, 11) is 4.68. The Kier molecular flexibility index (Phi) is 7.14. The quantitative estimate of drug-likeness (QED) is 0.612. The van der Waals surface area contributed by atoms with E-state index in [4.69, 9.17) is 9.47 Å². The smallest absolute Gasteiger partial charge is 0.339 e. The number of methoxy groups -OCH3 is 1. The molecule has 0 aliphatic carbocycles. The number of rotatable bonds is 3. The second-order valence-corrected chi connectivity index (χ2v) is 7.60. The molecule has 154 valence electrons. The molecule has 0 saturated heterocycles. The third-order valence-electron chi connectivity index (χ3n) is 4.49. The van der Waals surface area contributed by atoms with Crippen molar-refractivity contribution in [3.63, 3.8) is 0 Å². The van der Waals surface area contributed by atoms with E-state index < -0.39 is 29.9 Å². The van der Waals surface area contributed by atoms with Gasteiger partial charge in [-0.05, 0) is 21.0 Å². The number of carboxylic acid groups (broad SMARTS) is 1. The average molecular weight is 412 g/mol. The number of hydrogen-bond donors (Lipinski definition) is 3. The first kappa shape index (κ1) is 21.8. The fourth-order valence-electron chi connectivity index (χ4n) is 2.84. The zero-order chi connectivity index (χ0) is 21.0. The highest BCUT2D eigenvalue weighted by molar-refractivity contribution is 7.98. The largest absolute Gasteiger partial charge is 0.507 e. The molecular formula is C18H24N2O7S. The van der Waals surface area contributed by atoms with Crippen molar-refractivity contribution < 1.29 is 34.1 Å². The molecule has 0 saturated carbocycles. The van der Waals surface area contributed by atoms with Gasteiger partial charge in [-0.1, -0.05) is 0 Å². The summed E-state index contributed by atoms with van der Waals surface area (Å²) in [5, 5.41) is 22.2. The normalized spacial score (nSPS) is 21.0. The number of phenolic OH excluding ortho intramolecular Hbond substituents is 1. The molecule has 1 amide bonds. The number of aliphatic carboxylic acids is 1. The van der Waals surface area contributed by atoms with Crippen molar-refractivity contribution in [1.29, 1.82) is 0 Å². The SMILES string of the molecule is COc1cc(O)c2c(c1C)C(=O)OC[C@H](N(C)C)C(=O)N[C@H](C(=O)O)CSC2. The van der Waals surface area contributed by atoms with Crippen LogP contribution in [0, 0.1) is 6.92 Å². The number of phenols is 1. The molecule has 1 aliphatic heterocycles. The van der Waals surface area contributed by atoms with Gasteiger partial charge < -0.3 is 25.0 Å². The van der Waals surface area contributed by atoms with E-state index >= 15 is 0 Å². The van der Waals surface area contributed by atoms with Crippen molar-refractivity contribution >= 4 is 29.6 Å². The van der Waals surface area contributed by atoms with Crippen LogP contribution < -0.4 is 10.1 Å². The highest BCUT2D eigenvalue weighted by Gasteiger charge is 2.31. The van der Waals surface area contributed by atoms with E-state index in [0.717, 1.165) is 0 Å². The Morgan fingerprint density at radius 3 is 2.64 bits per heavy atom. The number of amides is 1. The lowest BCUT2D eigenvalue weighted by molar-refractivity contribution is -0.142. The lowest BCUT2D eigenvalue weighted by Gasteiger charge is -2.26. The molecule has 9 nitrogen and oxygen atoms in total. The van der Waals surface area contributed by atoms with Crippen molar-refractivity contribution in [2.45, 2.75) is 24.8 Å². The maximum absolute atomic E-state index is 12.8. The Morgan fingerprint density at radius 1 is 1.39 bits per heavy atom. The molecule has 10 heteroatoms. The summed E-state index contributed by atoms with van der Waals surface area (Å²) in [6, 6.07) is -0.564. The number of hydrogen-bond acceptors (Lipinski definition) is 8. The molecule has 1 aromatic carbocycles. The van der Waals surface area contributed by atoms with Gasteiger partial charge in [-0.15, -0.1) is 0 Å². The van der Waals surface area contributed by atoms with Crippen LogP contribution in [-0.2, 0) is 20.1 Å². The van der Waals surface area contributed by atoms with E-state index in [-0.39, 0.29) is 29.4 Å². The summed E-state index contributed by atoms with van der Waals surface area (Å²) in [4.78, 5) is 38.3. The van der Waals surface area contributed by atoms with E-state index in [9.17, 15) is 24.6 Å². The van der Waals surface area contributed by atoms with Crippen LogP contribution in [0.3, 0.4) is 0 Å². The molecule has 0 bridgehead atoms. The van der Waals surface area contributed by atoms with Crippen molar-refractivity contribution in [2.75, 3.05) is 33.6 Å². The second-order valence-electron chi connectivity index (χ2n) is 6.57. The number of likely N-dealkylation sites (N-methyl/N-ethyl adjacent to an activating group) is 1. The minimum Gasteiger partial charge on any atom is -0.507 e. The number of aromatic hydroxyl groups is 1. The van der Waals surface area contributed by atoms with Crippen molar-refractivity contribution in [3.05, 3.63) is 22.8 Å². The van der Waals surface area contributed by atoms with Gasteiger partial charge in [0, 0.05) is 28.7 Å². The Hall–Kier alpha value is -2.46. The predicted molar refractivity (Wildman–Crippen MR) is 103 cm³/mol. The number of thioether (sulfide) groups is 1. The number of fused-ring (bicyclic) bond motifs is 1. The fraction of sp³-hybridized carbons (Fsp3) is 0.500. The number of ether oxygens (including phenoxy) is 2. The number of cyclic esters (lactones) is 1. The number of carboxylic acids is 1. The van der Waals surface area contributed by atoms with Crippen LogP contribution in [0.1, 0.15) is 21.5 Å². The van der Waals surface area contributed by atoms with Crippen LogP contribution in [0.15, 0.2) is 6.07 Å². The van der Waals surface area contributed by atoms with Crippen molar-refractivity contribution in [3.8, 4) is 11.5 Å². The van der Waals surface area contributed by atoms with E-state index in [1.54, 1.807) is 21.0 Å². The molecule has 0 fully saturated rings. The van der Waals surface area contributed by atoms with Gasteiger partial charge in [0.25, 0.3) is 0 Å². The Bertz CT molecular complexity index is 782. The lowest BCUT2D eigenvalue weighted by atomic mass is 10.0. The topological polar surface area (TPSA) is 125 Å². The van der Waals surface area contributed by atoms with Gasteiger partial charge in [-0.3, -0.25) is 9.69 Å². The molecular weight excluding hydrogens is 388 g/mol. The molecule has 0 unspecified atom stereocenters. The molecule has 3 N–H and O–H groups in total. The summed E-state index contributed by atoms with van der Waals surface area (Å²) in [5.74, 6) is -1.97. The number of carbonyl (C=O) groups is 3. The van der Waals surface area contributed by atoms with Crippen LogP contribution in [-0.4, -0.2) is 78.6 Å².